The zero-order chi connectivity index (χ0) is 43.4. The second-order valence-corrected chi connectivity index (χ2v) is 16.8. The SMILES string of the molecule is c1ccc(N(c2ccccc2)c2cc(N(c3ccccc3)c3ccccc3)c3sc4c(N(c5ccccc5)c5ccccc5)cc(N(c5ccccc5)c5ccccc5)cc4c3c2)cc1. The van der Waals surface area contributed by atoms with Gasteiger partial charge in [-0.15, -0.1) is 11.3 Å². The molecule has 0 unspecified atom stereocenters. The van der Waals surface area contributed by atoms with Gasteiger partial charge < -0.3 is 19.6 Å². The second kappa shape index (κ2) is 17.8. The Morgan fingerprint density at radius 2 is 0.400 bits per heavy atom. The van der Waals surface area contributed by atoms with Crippen molar-refractivity contribution in [2.24, 2.45) is 0 Å². The zero-order valence-corrected chi connectivity index (χ0v) is 36.4. The summed E-state index contributed by atoms with van der Waals surface area (Å²) < 4.78 is 2.37. The van der Waals surface area contributed by atoms with E-state index >= 15 is 0 Å². The van der Waals surface area contributed by atoms with Crippen LogP contribution in [-0.2, 0) is 0 Å². The van der Waals surface area contributed by atoms with E-state index in [0.717, 1.165) is 79.0 Å². The zero-order valence-electron chi connectivity index (χ0n) is 35.6. The van der Waals surface area contributed by atoms with Crippen LogP contribution in [0.4, 0.5) is 68.2 Å². The second-order valence-electron chi connectivity index (χ2n) is 15.8. The number of benzene rings is 10. The first-order valence-corrected chi connectivity index (χ1v) is 22.8. The molecule has 310 valence electrons. The average Bonchev–Trinajstić information content (AvgIpc) is 3.76. The quantitative estimate of drug-likeness (QED) is 0.121. The standard InChI is InChI=1S/C60H44N4S/c1-9-25-45(26-10-1)61(46-27-11-2-12-28-46)53-41-55-56-42-54(62(47-29-13-3-14-30-47)48-31-15-4-16-32-48)44-58(64(51-37-21-7-22-38-51)52-39-23-8-24-40-52)60(56)65-59(55)57(43-53)63(49-33-17-5-18-34-49)50-35-19-6-20-36-50/h1-44H. The molecule has 0 bridgehead atoms. The molecule has 0 amide bonds. The highest BCUT2D eigenvalue weighted by Crippen LogP contribution is 2.53. The predicted molar refractivity (Wildman–Crippen MR) is 278 cm³/mol. The molecule has 0 aliphatic carbocycles. The van der Waals surface area contributed by atoms with Gasteiger partial charge in [0, 0.05) is 67.6 Å². The first-order valence-electron chi connectivity index (χ1n) is 21.9. The molecular formula is C60H44N4S. The van der Waals surface area contributed by atoms with Crippen LogP contribution < -0.4 is 19.6 Å². The maximum atomic E-state index is 2.42. The smallest absolute Gasteiger partial charge is 0.0661 e. The van der Waals surface area contributed by atoms with Gasteiger partial charge in [0.15, 0.2) is 0 Å². The summed E-state index contributed by atoms with van der Waals surface area (Å²) in [6, 6.07) is 95.4. The number of anilines is 12. The number of rotatable bonds is 12. The first kappa shape index (κ1) is 39.5. The average molecular weight is 853 g/mol. The molecule has 0 atom stereocenters. The van der Waals surface area contributed by atoms with Crippen LogP contribution in [-0.4, -0.2) is 0 Å². The van der Waals surface area contributed by atoms with Gasteiger partial charge in [-0.05, 0) is 121 Å². The Morgan fingerprint density at radius 3 is 0.615 bits per heavy atom. The number of fused-ring (bicyclic) bond motifs is 3. The van der Waals surface area contributed by atoms with Crippen LogP contribution in [0.3, 0.4) is 0 Å². The lowest BCUT2D eigenvalue weighted by molar-refractivity contribution is 1.26. The van der Waals surface area contributed by atoms with E-state index < -0.39 is 0 Å². The van der Waals surface area contributed by atoms with Crippen molar-refractivity contribution in [3.05, 3.63) is 267 Å². The van der Waals surface area contributed by atoms with Crippen LogP contribution in [0.2, 0.25) is 0 Å². The molecule has 1 heterocycles. The van der Waals surface area contributed by atoms with Gasteiger partial charge in [0.1, 0.15) is 0 Å². The van der Waals surface area contributed by atoms with Crippen LogP contribution in [0.5, 0.6) is 0 Å². The molecule has 1 aromatic heterocycles. The lowest BCUT2D eigenvalue weighted by atomic mass is 10.0. The summed E-state index contributed by atoms with van der Waals surface area (Å²) >= 11 is 1.85. The lowest BCUT2D eigenvalue weighted by Gasteiger charge is -2.30. The molecule has 11 aromatic rings. The third-order valence-corrected chi connectivity index (χ3v) is 13.0. The molecule has 5 heteroatoms. The van der Waals surface area contributed by atoms with Crippen molar-refractivity contribution < 1.29 is 0 Å². The number of para-hydroxylation sites is 8. The Morgan fingerprint density at radius 1 is 0.200 bits per heavy atom. The summed E-state index contributed by atoms with van der Waals surface area (Å²) in [5.74, 6) is 0. The molecule has 65 heavy (non-hydrogen) atoms. The van der Waals surface area contributed by atoms with Crippen molar-refractivity contribution in [2.75, 3.05) is 19.6 Å². The van der Waals surface area contributed by atoms with E-state index in [-0.39, 0.29) is 0 Å². The number of nitrogens with zero attached hydrogens (tertiary/aromatic N) is 4. The minimum atomic E-state index is 1.05. The molecule has 0 fully saturated rings. The van der Waals surface area contributed by atoms with Gasteiger partial charge in [0.25, 0.3) is 0 Å². The van der Waals surface area contributed by atoms with E-state index in [2.05, 4.69) is 287 Å². The molecule has 0 saturated carbocycles. The summed E-state index contributed by atoms with van der Waals surface area (Å²) in [6.07, 6.45) is 0. The molecule has 0 radical (unpaired) electrons. The highest BCUT2D eigenvalue weighted by Gasteiger charge is 2.27. The molecule has 0 spiro atoms. The third kappa shape index (κ3) is 7.75. The van der Waals surface area contributed by atoms with Gasteiger partial charge in [-0.3, -0.25) is 0 Å². The van der Waals surface area contributed by atoms with Gasteiger partial charge in [-0.2, -0.15) is 0 Å². The Balaban J connectivity index is 1.30. The van der Waals surface area contributed by atoms with Crippen LogP contribution >= 0.6 is 11.3 Å². The van der Waals surface area contributed by atoms with Crippen molar-refractivity contribution in [1.29, 1.82) is 0 Å². The van der Waals surface area contributed by atoms with E-state index in [1.807, 2.05) is 11.3 Å². The van der Waals surface area contributed by atoms with Crippen molar-refractivity contribution in [1.82, 2.24) is 0 Å². The maximum Gasteiger partial charge on any atom is 0.0661 e. The fourth-order valence-corrected chi connectivity index (χ4v) is 10.1. The molecule has 0 aliphatic heterocycles. The Hall–Kier alpha value is -8.38. The molecule has 0 N–H and O–H groups in total. The maximum absolute atomic E-state index is 2.42. The van der Waals surface area contributed by atoms with Crippen LogP contribution in [0.1, 0.15) is 0 Å². The Bertz CT molecular complexity index is 2910. The van der Waals surface area contributed by atoms with Gasteiger partial charge in [-0.25, -0.2) is 0 Å². The predicted octanol–water partition coefficient (Wildman–Crippen LogP) is 17.9. The minimum absolute atomic E-state index is 1.05. The number of hydrogen-bond donors (Lipinski definition) is 0. The monoisotopic (exact) mass is 852 g/mol. The molecule has 11 rings (SSSR count). The van der Waals surface area contributed by atoms with E-state index in [1.54, 1.807) is 0 Å². The largest absolute Gasteiger partial charge is 0.310 e. The minimum Gasteiger partial charge on any atom is -0.310 e. The molecule has 0 aliphatic rings. The van der Waals surface area contributed by atoms with Crippen LogP contribution in [0.25, 0.3) is 20.2 Å². The van der Waals surface area contributed by atoms with Gasteiger partial charge in [-0.1, -0.05) is 146 Å². The van der Waals surface area contributed by atoms with Crippen LogP contribution in [0.15, 0.2) is 267 Å². The molecular weight excluding hydrogens is 809 g/mol. The lowest BCUT2D eigenvalue weighted by Crippen LogP contribution is -2.13. The summed E-state index contributed by atoms with van der Waals surface area (Å²) in [5, 5.41) is 2.33. The topological polar surface area (TPSA) is 13.0 Å². The molecule has 0 saturated heterocycles. The summed E-state index contributed by atoms with van der Waals surface area (Å²) in [7, 11) is 0. The van der Waals surface area contributed by atoms with E-state index in [4.69, 9.17) is 0 Å². The number of thiophene rings is 1. The highest BCUT2D eigenvalue weighted by molar-refractivity contribution is 7.27. The normalized spacial score (nSPS) is 11.1. The van der Waals surface area contributed by atoms with Crippen LogP contribution in [0, 0.1) is 0 Å². The first-order chi connectivity index (χ1) is 32.3. The molecule has 4 nitrogen and oxygen atoms in total. The van der Waals surface area contributed by atoms with Crippen molar-refractivity contribution >= 4 is 99.8 Å². The summed E-state index contributed by atoms with van der Waals surface area (Å²) in [6.45, 7) is 0. The van der Waals surface area contributed by atoms with E-state index in [9.17, 15) is 0 Å². The molecule has 10 aromatic carbocycles. The Labute approximate surface area is 384 Å². The fraction of sp³-hybridized carbons (Fsp3) is 0. The van der Waals surface area contributed by atoms with Crippen molar-refractivity contribution in [2.45, 2.75) is 0 Å². The van der Waals surface area contributed by atoms with E-state index in [0.29, 0.717) is 0 Å². The van der Waals surface area contributed by atoms with E-state index in [1.165, 1.54) is 9.40 Å². The third-order valence-electron chi connectivity index (χ3n) is 11.7. The van der Waals surface area contributed by atoms with Crippen molar-refractivity contribution in [3.63, 3.8) is 0 Å². The fourth-order valence-electron chi connectivity index (χ4n) is 8.87. The summed E-state index contributed by atoms with van der Waals surface area (Å²) in [4.78, 5) is 9.60. The van der Waals surface area contributed by atoms with Gasteiger partial charge in [0.05, 0.1) is 20.8 Å². The van der Waals surface area contributed by atoms with Crippen molar-refractivity contribution in [3.8, 4) is 0 Å². The van der Waals surface area contributed by atoms with Gasteiger partial charge in [0.2, 0.25) is 0 Å². The Kier molecular flexibility index (Phi) is 10.8. The van der Waals surface area contributed by atoms with Gasteiger partial charge >= 0.3 is 0 Å². The summed E-state index contributed by atoms with van der Waals surface area (Å²) in [5.41, 5.74) is 12.9. The number of hydrogen-bond acceptors (Lipinski definition) is 5. The highest BCUT2D eigenvalue weighted by atomic mass is 32.1.